The molecule has 1 aromatic carbocycles. The van der Waals surface area contributed by atoms with Crippen molar-refractivity contribution in [3.63, 3.8) is 0 Å². The molecule has 2 atom stereocenters. The van der Waals surface area contributed by atoms with E-state index < -0.39 is 0 Å². The monoisotopic (exact) mass is 368 g/mol. The van der Waals surface area contributed by atoms with Gasteiger partial charge in [0.1, 0.15) is 6.10 Å². The van der Waals surface area contributed by atoms with E-state index in [1.807, 2.05) is 6.07 Å². The van der Waals surface area contributed by atoms with E-state index in [0.29, 0.717) is 22.9 Å². The van der Waals surface area contributed by atoms with Crippen LogP contribution < -0.4 is 10.9 Å². The summed E-state index contributed by atoms with van der Waals surface area (Å²) in [5.74, 6) is -0.532. The maximum atomic E-state index is 12.6. The van der Waals surface area contributed by atoms with E-state index in [-0.39, 0.29) is 42.4 Å². The molecule has 27 heavy (non-hydrogen) atoms. The molecule has 0 aliphatic carbocycles. The molecule has 0 amide bonds. The van der Waals surface area contributed by atoms with Gasteiger partial charge in [0.15, 0.2) is 5.78 Å². The highest BCUT2D eigenvalue weighted by molar-refractivity contribution is 5.81. The van der Waals surface area contributed by atoms with Gasteiger partial charge < -0.3 is 10.1 Å². The molecule has 8 nitrogen and oxygen atoms in total. The van der Waals surface area contributed by atoms with Crippen LogP contribution >= 0.6 is 0 Å². The third-order valence-electron chi connectivity index (χ3n) is 4.59. The van der Waals surface area contributed by atoms with E-state index in [1.165, 1.54) is 23.9 Å². The van der Waals surface area contributed by atoms with Crippen molar-refractivity contribution in [2.45, 2.75) is 44.9 Å². The van der Waals surface area contributed by atoms with Crippen molar-refractivity contribution in [3.8, 4) is 6.07 Å². The molecule has 1 N–H and O–H groups in total. The normalized spacial score (nSPS) is 19.4. The number of piperidine rings is 1. The zero-order chi connectivity index (χ0) is 19.4. The van der Waals surface area contributed by atoms with E-state index >= 15 is 0 Å². The van der Waals surface area contributed by atoms with Crippen LogP contribution in [0, 0.1) is 11.3 Å². The SMILES string of the molecule is CC(=O)O[C@H]1CCCN[C@@H]1CC(=O)Cn1cnc2ccc(C#N)cc2c1=O. The quantitative estimate of drug-likeness (QED) is 0.780. The van der Waals surface area contributed by atoms with E-state index in [9.17, 15) is 14.4 Å². The number of aromatic nitrogens is 2. The summed E-state index contributed by atoms with van der Waals surface area (Å²) in [6.45, 7) is 1.98. The first-order valence-electron chi connectivity index (χ1n) is 8.79. The minimum Gasteiger partial charge on any atom is -0.461 e. The standard InChI is InChI=1S/C19H20N4O4/c1-12(24)27-18-3-2-6-21-17(18)8-14(25)10-23-11-22-16-5-4-13(9-20)7-15(16)19(23)26/h4-5,7,11,17-18,21H,2-3,6,8,10H2,1H3/t17-,18+/m1/s1. The van der Waals surface area contributed by atoms with Crippen molar-refractivity contribution in [1.29, 1.82) is 5.26 Å². The summed E-state index contributed by atoms with van der Waals surface area (Å²) in [5, 5.41) is 12.5. The van der Waals surface area contributed by atoms with Gasteiger partial charge in [0.05, 0.1) is 41.4 Å². The van der Waals surface area contributed by atoms with Crippen molar-refractivity contribution in [2.75, 3.05) is 6.54 Å². The Kier molecular flexibility index (Phi) is 5.62. The van der Waals surface area contributed by atoms with Crippen LogP contribution in [0.2, 0.25) is 0 Å². The number of ketones is 1. The Bertz CT molecular complexity index is 976. The summed E-state index contributed by atoms with van der Waals surface area (Å²) in [6.07, 6.45) is 2.73. The lowest BCUT2D eigenvalue weighted by Crippen LogP contribution is -2.48. The number of ether oxygens (including phenoxy) is 1. The molecule has 140 valence electrons. The topological polar surface area (TPSA) is 114 Å². The Labute approximate surface area is 155 Å². The van der Waals surface area contributed by atoms with Crippen LogP contribution in [-0.2, 0) is 20.9 Å². The fraction of sp³-hybridized carbons (Fsp3) is 0.421. The lowest BCUT2D eigenvalue weighted by atomic mass is 9.96. The van der Waals surface area contributed by atoms with Gasteiger partial charge in [-0.1, -0.05) is 0 Å². The number of nitrogens with zero attached hydrogens (tertiary/aromatic N) is 3. The molecule has 0 saturated carbocycles. The molecule has 0 unspecified atom stereocenters. The summed E-state index contributed by atoms with van der Waals surface area (Å²) in [4.78, 5) is 40.5. The third kappa shape index (κ3) is 4.38. The molecule has 2 aromatic rings. The van der Waals surface area contributed by atoms with Crippen molar-refractivity contribution in [3.05, 3.63) is 40.4 Å². The van der Waals surface area contributed by atoms with Gasteiger partial charge in [-0.25, -0.2) is 4.98 Å². The van der Waals surface area contributed by atoms with Crippen molar-refractivity contribution >= 4 is 22.7 Å². The van der Waals surface area contributed by atoms with Gasteiger partial charge in [-0.3, -0.25) is 19.0 Å². The third-order valence-corrected chi connectivity index (χ3v) is 4.59. The Morgan fingerprint density at radius 3 is 3.00 bits per heavy atom. The maximum absolute atomic E-state index is 12.6. The van der Waals surface area contributed by atoms with E-state index in [1.54, 1.807) is 12.1 Å². The average molecular weight is 368 g/mol. The zero-order valence-corrected chi connectivity index (χ0v) is 15.0. The molecular formula is C19H20N4O4. The largest absolute Gasteiger partial charge is 0.461 e. The number of hydrogen-bond donors (Lipinski definition) is 1. The Hall–Kier alpha value is -3.05. The highest BCUT2D eigenvalue weighted by Gasteiger charge is 2.29. The molecule has 1 aliphatic heterocycles. The zero-order valence-electron chi connectivity index (χ0n) is 15.0. The summed E-state index contributed by atoms with van der Waals surface area (Å²) < 4.78 is 6.54. The molecule has 8 heteroatoms. The number of nitriles is 1. The number of hydrogen-bond acceptors (Lipinski definition) is 7. The van der Waals surface area contributed by atoms with Crippen LogP contribution in [0.5, 0.6) is 0 Å². The molecule has 2 heterocycles. The van der Waals surface area contributed by atoms with Crippen molar-refractivity contribution in [1.82, 2.24) is 14.9 Å². The van der Waals surface area contributed by atoms with Crippen LogP contribution in [0.1, 0.15) is 31.7 Å². The van der Waals surface area contributed by atoms with E-state index in [0.717, 1.165) is 13.0 Å². The number of fused-ring (bicyclic) bond motifs is 1. The Morgan fingerprint density at radius 1 is 1.44 bits per heavy atom. The predicted molar refractivity (Wildman–Crippen MR) is 96.9 cm³/mol. The molecule has 1 aromatic heterocycles. The number of benzene rings is 1. The summed E-state index contributed by atoms with van der Waals surface area (Å²) in [5.41, 5.74) is 0.478. The second kappa shape index (κ2) is 8.10. The average Bonchev–Trinajstić information content (AvgIpc) is 2.65. The van der Waals surface area contributed by atoms with Gasteiger partial charge in [-0.15, -0.1) is 0 Å². The van der Waals surface area contributed by atoms with E-state index in [2.05, 4.69) is 10.3 Å². The van der Waals surface area contributed by atoms with Crippen LogP contribution in [0.4, 0.5) is 0 Å². The molecule has 3 rings (SSSR count). The Morgan fingerprint density at radius 2 is 2.26 bits per heavy atom. The molecule has 1 fully saturated rings. The summed E-state index contributed by atoms with van der Waals surface area (Å²) in [7, 11) is 0. The molecule has 0 radical (unpaired) electrons. The number of Topliss-reactive ketones (excluding diaryl/α,β-unsaturated/α-hetero) is 1. The van der Waals surface area contributed by atoms with Crippen LogP contribution in [0.3, 0.4) is 0 Å². The lowest BCUT2D eigenvalue weighted by molar-refractivity contribution is -0.150. The minimum absolute atomic E-state index is 0.122. The second-order valence-electron chi connectivity index (χ2n) is 6.61. The highest BCUT2D eigenvalue weighted by Crippen LogP contribution is 2.16. The van der Waals surface area contributed by atoms with Crippen molar-refractivity contribution in [2.24, 2.45) is 0 Å². The fourth-order valence-corrected chi connectivity index (χ4v) is 3.32. The molecular weight excluding hydrogens is 348 g/mol. The maximum Gasteiger partial charge on any atom is 0.302 e. The smallest absolute Gasteiger partial charge is 0.302 e. The summed E-state index contributed by atoms with van der Waals surface area (Å²) >= 11 is 0. The van der Waals surface area contributed by atoms with Gasteiger partial charge >= 0.3 is 5.97 Å². The number of nitrogens with one attached hydrogen (secondary N) is 1. The first-order valence-corrected chi connectivity index (χ1v) is 8.79. The Balaban J connectivity index is 1.75. The highest BCUT2D eigenvalue weighted by atomic mass is 16.5. The van der Waals surface area contributed by atoms with Gasteiger partial charge in [-0.05, 0) is 37.6 Å². The first-order chi connectivity index (χ1) is 13.0. The first kappa shape index (κ1) is 18.7. The van der Waals surface area contributed by atoms with Gasteiger partial charge in [-0.2, -0.15) is 5.26 Å². The molecule has 1 saturated heterocycles. The van der Waals surface area contributed by atoms with Gasteiger partial charge in [0, 0.05) is 13.3 Å². The number of carbonyl (C=O) groups excluding carboxylic acids is 2. The predicted octanol–water partition coefficient (Wildman–Crippen LogP) is 0.911. The molecule has 1 aliphatic rings. The summed E-state index contributed by atoms with van der Waals surface area (Å²) in [6, 6.07) is 6.41. The number of esters is 1. The van der Waals surface area contributed by atoms with E-state index in [4.69, 9.17) is 10.00 Å². The van der Waals surface area contributed by atoms with Gasteiger partial charge in [0.2, 0.25) is 0 Å². The van der Waals surface area contributed by atoms with Crippen LogP contribution in [-0.4, -0.2) is 40.0 Å². The second-order valence-corrected chi connectivity index (χ2v) is 6.61. The fourth-order valence-electron chi connectivity index (χ4n) is 3.32. The van der Waals surface area contributed by atoms with Crippen LogP contribution in [0.15, 0.2) is 29.3 Å². The lowest BCUT2D eigenvalue weighted by Gasteiger charge is -2.31. The minimum atomic E-state index is -0.371. The molecule has 0 spiro atoms. The number of rotatable bonds is 5. The van der Waals surface area contributed by atoms with Crippen molar-refractivity contribution < 1.29 is 14.3 Å². The molecule has 0 bridgehead atoms. The van der Waals surface area contributed by atoms with Crippen LogP contribution in [0.25, 0.3) is 10.9 Å². The van der Waals surface area contributed by atoms with Gasteiger partial charge in [0.25, 0.3) is 5.56 Å². The number of carbonyl (C=O) groups is 2.